The predicted molar refractivity (Wildman–Crippen MR) is 293 cm³/mol. The van der Waals surface area contributed by atoms with Gasteiger partial charge >= 0.3 is 17.9 Å². The Kier molecular flexibility index (Phi) is 53.5. The number of hydrogen-bond acceptors (Lipinski definition) is 6. The monoisotopic (exact) mass is 961 g/mol. The van der Waals surface area contributed by atoms with Crippen molar-refractivity contribution in [2.45, 2.75) is 355 Å². The highest BCUT2D eigenvalue weighted by atomic mass is 16.6. The summed E-state index contributed by atoms with van der Waals surface area (Å²) in [5.74, 6) is 0.864. The average Bonchev–Trinajstić information content (AvgIpc) is 3.31. The summed E-state index contributed by atoms with van der Waals surface area (Å²) < 4.78 is 16.9. The molecule has 0 saturated carbocycles. The van der Waals surface area contributed by atoms with Crippen molar-refractivity contribution in [3.05, 3.63) is 0 Å². The van der Waals surface area contributed by atoms with Gasteiger partial charge in [-0.1, -0.05) is 311 Å². The van der Waals surface area contributed by atoms with Crippen molar-refractivity contribution in [2.75, 3.05) is 13.2 Å². The molecule has 0 radical (unpaired) electrons. The molecule has 0 rings (SSSR count). The van der Waals surface area contributed by atoms with Crippen LogP contribution in [0.4, 0.5) is 0 Å². The SMILES string of the molecule is CCCCCCCCCCCCCCCCC(=O)OC[C@H](COC(=O)CCCCCCCCCCCCCCCCCC(C)C)OC(=O)CCCCCCCCCCCCCCCCCC(C)C. The first-order chi connectivity index (χ1) is 33.2. The van der Waals surface area contributed by atoms with E-state index >= 15 is 0 Å². The Morgan fingerprint density at radius 1 is 0.279 bits per heavy atom. The van der Waals surface area contributed by atoms with Crippen LogP contribution in [-0.4, -0.2) is 37.2 Å². The van der Waals surface area contributed by atoms with Crippen LogP contribution in [0, 0.1) is 11.8 Å². The fourth-order valence-electron chi connectivity index (χ4n) is 9.58. The van der Waals surface area contributed by atoms with E-state index in [0.717, 1.165) is 69.6 Å². The summed E-state index contributed by atoms with van der Waals surface area (Å²) in [4.78, 5) is 38.2. The molecule has 6 heteroatoms. The van der Waals surface area contributed by atoms with E-state index in [9.17, 15) is 14.4 Å². The lowest BCUT2D eigenvalue weighted by atomic mass is 10.0. The first-order valence-electron chi connectivity index (χ1n) is 30.7. The minimum atomic E-state index is -0.763. The summed E-state index contributed by atoms with van der Waals surface area (Å²) in [6, 6.07) is 0. The van der Waals surface area contributed by atoms with Crippen molar-refractivity contribution >= 4 is 17.9 Å². The van der Waals surface area contributed by atoms with Crippen LogP contribution < -0.4 is 0 Å². The molecule has 68 heavy (non-hydrogen) atoms. The summed E-state index contributed by atoms with van der Waals surface area (Å²) in [6.45, 7) is 11.4. The quantitative estimate of drug-likeness (QED) is 0.0343. The van der Waals surface area contributed by atoms with Gasteiger partial charge < -0.3 is 14.2 Å². The van der Waals surface area contributed by atoms with Gasteiger partial charge in [0.25, 0.3) is 0 Å². The van der Waals surface area contributed by atoms with Crippen LogP contribution in [0.3, 0.4) is 0 Å². The Morgan fingerprint density at radius 3 is 0.721 bits per heavy atom. The molecule has 0 aliphatic heterocycles. The summed E-state index contributed by atoms with van der Waals surface area (Å²) in [7, 11) is 0. The van der Waals surface area contributed by atoms with Gasteiger partial charge in [0.05, 0.1) is 0 Å². The van der Waals surface area contributed by atoms with E-state index in [-0.39, 0.29) is 31.1 Å². The molecule has 0 aromatic heterocycles. The fourth-order valence-corrected chi connectivity index (χ4v) is 9.58. The zero-order valence-electron chi connectivity index (χ0n) is 46.7. The molecule has 0 unspecified atom stereocenters. The van der Waals surface area contributed by atoms with Crippen molar-refractivity contribution < 1.29 is 28.6 Å². The Balaban J connectivity index is 4.28. The standard InChI is InChI=1S/C62H120O6/c1-6-7-8-9-10-11-12-13-22-27-32-37-42-47-52-60(63)66-55-59(68-62(65)54-49-44-39-34-29-24-19-15-17-21-26-31-36-41-46-51-58(4)5)56-67-61(64)53-48-43-38-33-28-23-18-14-16-20-25-30-35-40-45-50-57(2)3/h57-59H,6-56H2,1-5H3/t59-/m1/s1. The molecule has 0 fully saturated rings. The highest BCUT2D eigenvalue weighted by Crippen LogP contribution is 2.19. The topological polar surface area (TPSA) is 78.9 Å². The van der Waals surface area contributed by atoms with E-state index < -0.39 is 6.10 Å². The van der Waals surface area contributed by atoms with E-state index in [4.69, 9.17) is 14.2 Å². The lowest BCUT2D eigenvalue weighted by molar-refractivity contribution is -0.167. The van der Waals surface area contributed by atoms with Gasteiger partial charge in [0.1, 0.15) is 13.2 Å². The van der Waals surface area contributed by atoms with Gasteiger partial charge in [-0.05, 0) is 31.1 Å². The number of unbranched alkanes of at least 4 members (excludes halogenated alkanes) is 41. The highest BCUT2D eigenvalue weighted by molar-refractivity contribution is 5.71. The van der Waals surface area contributed by atoms with E-state index in [1.807, 2.05) is 0 Å². The first-order valence-corrected chi connectivity index (χ1v) is 30.7. The number of rotatable bonds is 56. The van der Waals surface area contributed by atoms with E-state index in [0.29, 0.717) is 19.3 Å². The van der Waals surface area contributed by atoms with Crippen LogP contribution in [0.1, 0.15) is 349 Å². The second-order valence-corrected chi connectivity index (χ2v) is 22.3. The maximum atomic E-state index is 12.9. The first kappa shape index (κ1) is 66.4. The summed E-state index contributed by atoms with van der Waals surface area (Å²) in [5, 5.41) is 0. The van der Waals surface area contributed by atoms with Gasteiger partial charge in [0.2, 0.25) is 0 Å². The Labute approximate surface area is 425 Å². The Hall–Kier alpha value is -1.59. The van der Waals surface area contributed by atoms with Crippen molar-refractivity contribution in [1.29, 1.82) is 0 Å². The fraction of sp³-hybridized carbons (Fsp3) is 0.952. The van der Waals surface area contributed by atoms with E-state index in [2.05, 4.69) is 34.6 Å². The Bertz CT molecular complexity index is 1040. The van der Waals surface area contributed by atoms with Crippen LogP contribution in [-0.2, 0) is 28.6 Å². The molecule has 0 heterocycles. The number of ether oxygens (including phenoxy) is 3. The minimum Gasteiger partial charge on any atom is -0.462 e. The minimum absolute atomic E-state index is 0.0620. The van der Waals surface area contributed by atoms with Gasteiger partial charge in [-0.2, -0.15) is 0 Å². The summed E-state index contributed by atoms with van der Waals surface area (Å²) >= 11 is 0. The smallest absolute Gasteiger partial charge is 0.306 e. The molecule has 0 N–H and O–H groups in total. The van der Waals surface area contributed by atoms with Gasteiger partial charge in [0, 0.05) is 19.3 Å². The van der Waals surface area contributed by atoms with Crippen LogP contribution in [0.5, 0.6) is 0 Å². The van der Waals surface area contributed by atoms with Crippen molar-refractivity contribution in [3.63, 3.8) is 0 Å². The molecule has 0 amide bonds. The molecule has 0 saturated heterocycles. The molecule has 0 aromatic carbocycles. The van der Waals surface area contributed by atoms with Crippen molar-refractivity contribution in [1.82, 2.24) is 0 Å². The maximum absolute atomic E-state index is 12.9. The molecule has 404 valence electrons. The van der Waals surface area contributed by atoms with Crippen LogP contribution in [0.15, 0.2) is 0 Å². The largest absolute Gasteiger partial charge is 0.462 e. The van der Waals surface area contributed by atoms with Crippen molar-refractivity contribution in [3.8, 4) is 0 Å². The summed E-state index contributed by atoms with van der Waals surface area (Å²) in [5.41, 5.74) is 0. The highest BCUT2D eigenvalue weighted by Gasteiger charge is 2.19. The normalized spacial score (nSPS) is 12.0. The van der Waals surface area contributed by atoms with Gasteiger partial charge in [-0.3, -0.25) is 14.4 Å². The molecular weight excluding hydrogens is 841 g/mol. The van der Waals surface area contributed by atoms with Crippen LogP contribution >= 0.6 is 0 Å². The lowest BCUT2D eigenvalue weighted by Gasteiger charge is -2.18. The Morgan fingerprint density at radius 2 is 0.485 bits per heavy atom. The molecule has 0 aliphatic carbocycles. The molecular formula is C62H120O6. The lowest BCUT2D eigenvalue weighted by Crippen LogP contribution is -2.30. The van der Waals surface area contributed by atoms with Crippen molar-refractivity contribution in [2.24, 2.45) is 11.8 Å². The third-order valence-electron chi connectivity index (χ3n) is 14.2. The van der Waals surface area contributed by atoms with Gasteiger partial charge in [0.15, 0.2) is 6.10 Å². The van der Waals surface area contributed by atoms with Gasteiger partial charge in [-0.25, -0.2) is 0 Å². The molecule has 0 bridgehead atoms. The molecule has 6 nitrogen and oxygen atoms in total. The second-order valence-electron chi connectivity index (χ2n) is 22.3. The van der Waals surface area contributed by atoms with Crippen LogP contribution in [0.2, 0.25) is 0 Å². The zero-order valence-corrected chi connectivity index (χ0v) is 46.7. The van der Waals surface area contributed by atoms with E-state index in [1.165, 1.54) is 238 Å². The number of hydrogen-bond donors (Lipinski definition) is 0. The zero-order chi connectivity index (χ0) is 49.6. The second kappa shape index (κ2) is 54.7. The number of esters is 3. The maximum Gasteiger partial charge on any atom is 0.306 e. The number of carbonyl (C=O) groups is 3. The third-order valence-corrected chi connectivity index (χ3v) is 14.2. The molecule has 1 atom stereocenters. The predicted octanol–water partition coefficient (Wildman–Crippen LogP) is 20.4. The van der Waals surface area contributed by atoms with Crippen LogP contribution in [0.25, 0.3) is 0 Å². The number of carbonyl (C=O) groups excluding carboxylic acids is 3. The molecule has 0 aliphatic rings. The summed E-state index contributed by atoms with van der Waals surface area (Å²) in [6.07, 6.45) is 59.5. The third kappa shape index (κ3) is 55.3. The molecule has 0 spiro atoms. The van der Waals surface area contributed by atoms with Gasteiger partial charge in [-0.15, -0.1) is 0 Å². The average molecular weight is 962 g/mol. The molecule has 0 aromatic rings. The van der Waals surface area contributed by atoms with E-state index in [1.54, 1.807) is 0 Å².